The SMILES string of the molecule is Cc1ccc(N2CCC(CCN3CCCC3=O)CC2)nn1. The first-order valence-corrected chi connectivity index (χ1v) is 8.05. The molecule has 114 valence electrons. The van der Waals surface area contributed by atoms with Gasteiger partial charge in [0.1, 0.15) is 0 Å². The Labute approximate surface area is 126 Å². The molecule has 0 atom stereocenters. The molecule has 0 unspecified atom stereocenters. The summed E-state index contributed by atoms with van der Waals surface area (Å²) >= 11 is 0. The lowest BCUT2D eigenvalue weighted by atomic mass is 9.93. The van der Waals surface area contributed by atoms with Crippen molar-refractivity contribution in [1.29, 1.82) is 0 Å². The van der Waals surface area contributed by atoms with Gasteiger partial charge >= 0.3 is 0 Å². The molecule has 2 saturated heterocycles. The van der Waals surface area contributed by atoms with Gasteiger partial charge in [-0.3, -0.25) is 4.79 Å². The van der Waals surface area contributed by atoms with Crippen LogP contribution in [0.4, 0.5) is 5.82 Å². The first-order valence-electron chi connectivity index (χ1n) is 8.05. The lowest BCUT2D eigenvalue weighted by Crippen LogP contribution is -2.36. The van der Waals surface area contributed by atoms with Gasteiger partial charge in [-0.1, -0.05) is 0 Å². The van der Waals surface area contributed by atoms with Crippen LogP contribution in [-0.2, 0) is 4.79 Å². The Morgan fingerprint density at radius 3 is 2.62 bits per heavy atom. The molecular formula is C16H24N4O. The molecule has 1 amide bonds. The number of aromatic nitrogens is 2. The van der Waals surface area contributed by atoms with E-state index in [-0.39, 0.29) is 0 Å². The number of hydrogen-bond acceptors (Lipinski definition) is 4. The topological polar surface area (TPSA) is 49.3 Å². The van der Waals surface area contributed by atoms with E-state index in [1.807, 2.05) is 17.9 Å². The lowest BCUT2D eigenvalue weighted by Gasteiger charge is -2.33. The number of amides is 1. The molecule has 1 aromatic heterocycles. The second kappa shape index (κ2) is 6.41. The monoisotopic (exact) mass is 288 g/mol. The fourth-order valence-corrected chi connectivity index (χ4v) is 3.29. The molecule has 2 aliphatic rings. The van der Waals surface area contributed by atoms with Crippen molar-refractivity contribution >= 4 is 11.7 Å². The van der Waals surface area contributed by atoms with Gasteiger partial charge in [-0.25, -0.2) is 0 Å². The number of anilines is 1. The molecule has 0 N–H and O–H groups in total. The third-order valence-electron chi connectivity index (χ3n) is 4.70. The minimum absolute atomic E-state index is 0.349. The minimum atomic E-state index is 0.349. The molecule has 2 aliphatic heterocycles. The highest BCUT2D eigenvalue weighted by Gasteiger charge is 2.24. The minimum Gasteiger partial charge on any atom is -0.355 e. The largest absolute Gasteiger partial charge is 0.355 e. The van der Waals surface area contributed by atoms with Crippen LogP contribution >= 0.6 is 0 Å². The third-order valence-corrected chi connectivity index (χ3v) is 4.70. The van der Waals surface area contributed by atoms with E-state index < -0.39 is 0 Å². The van der Waals surface area contributed by atoms with Crippen molar-refractivity contribution in [2.45, 2.75) is 39.0 Å². The second-order valence-corrected chi connectivity index (χ2v) is 6.24. The molecule has 0 aliphatic carbocycles. The van der Waals surface area contributed by atoms with Crippen LogP contribution in [0.2, 0.25) is 0 Å². The molecule has 0 saturated carbocycles. The summed E-state index contributed by atoms with van der Waals surface area (Å²) in [5, 5.41) is 8.40. The summed E-state index contributed by atoms with van der Waals surface area (Å²) in [6, 6.07) is 4.08. The average Bonchev–Trinajstić information content (AvgIpc) is 2.92. The summed E-state index contributed by atoms with van der Waals surface area (Å²) in [4.78, 5) is 16.0. The highest BCUT2D eigenvalue weighted by Crippen LogP contribution is 2.24. The first-order chi connectivity index (χ1) is 10.2. The molecule has 5 nitrogen and oxygen atoms in total. The maximum atomic E-state index is 11.6. The quantitative estimate of drug-likeness (QED) is 0.850. The summed E-state index contributed by atoms with van der Waals surface area (Å²) in [7, 11) is 0. The van der Waals surface area contributed by atoms with Gasteiger partial charge in [-0.15, -0.1) is 5.10 Å². The fraction of sp³-hybridized carbons (Fsp3) is 0.688. The van der Waals surface area contributed by atoms with Crippen molar-refractivity contribution in [3.05, 3.63) is 17.8 Å². The Hall–Kier alpha value is -1.65. The molecule has 3 heterocycles. The molecule has 3 rings (SSSR count). The summed E-state index contributed by atoms with van der Waals surface area (Å²) in [5.74, 6) is 2.09. The van der Waals surface area contributed by atoms with Crippen LogP contribution in [0, 0.1) is 12.8 Å². The van der Waals surface area contributed by atoms with Crippen molar-refractivity contribution in [1.82, 2.24) is 15.1 Å². The number of nitrogens with zero attached hydrogens (tertiary/aromatic N) is 4. The number of likely N-dealkylation sites (tertiary alicyclic amines) is 1. The Balaban J connectivity index is 1.44. The maximum absolute atomic E-state index is 11.6. The van der Waals surface area contributed by atoms with E-state index in [2.05, 4.69) is 21.2 Å². The Bertz CT molecular complexity index is 480. The van der Waals surface area contributed by atoms with E-state index in [0.717, 1.165) is 62.9 Å². The highest BCUT2D eigenvalue weighted by molar-refractivity contribution is 5.77. The molecular weight excluding hydrogens is 264 g/mol. The molecule has 0 aromatic carbocycles. The fourth-order valence-electron chi connectivity index (χ4n) is 3.29. The van der Waals surface area contributed by atoms with Crippen LogP contribution < -0.4 is 4.90 Å². The zero-order valence-corrected chi connectivity index (χ0v) is 12.8. The van der Waals surface area contributed by atoms with Gasteiger partial charge in [0.2, 0.25) is 5.91 Å². The van der Waals surface area contributed by atoms with Crippen molar-refractivity contribution < 1.29 is 4.79 Å². The number of hydrogen-bond donors (Lipinski definition) is 0. The number of piperidine rings is 1. The Morgan fingerprint density at radius 1 is 1.19 bits per heavy atom. The van der Waals surface area contributed by atoms with Gasteiger partial charge in [0, 0.05) is 32.6 Å². The normalized spacial score (nSPS) is 20.3. The summed E-state index contributed by atoms with van der Waals surface area (Å²) in [6.07, 6.45) is 5.34. The van der Waals surface area contributed by atoms with Gasteiger partial charge in [-0.05, 0) is 50.7 Å². The van der Waals surface area contributed by atoms with Crippen LogP contribution in [0.25, 0.3) is 0 Å². The van der Waals surface area contributed by atoms with Crippen molar-refractivity contribution in [3.63, 3.8) is 0 Å². The number of rotatable bonds is 4. The van der Waals surface area contributed by atoms with Crippen molar-refractivity contribution in [2.24, 2.45) is 5.92 Å². The Kier molecular flexibility index (Phi) is 4.36. The van der Waals surface area contributed by atoms with Crippen LogP contribution in [0.5, 0.6) is 0 Å². The van der Waals surface area contributed by atoms with E-state index >= 15 is 0 Å². The van der Waals surface area contributed by atoms with Gasteiger partial charge in [-0.2, -0.15) is 5.10 Å². The van der Waals surface area contributed by atoms with Crippen molar-refractivity contribution in [3.8, 4) is 0 Å². The van der Waals surface area contributed by atoms with Gasteiger partial charge in [0.05, 0.1) is 5.69 Å². The highest BCUT2D eigenvalue weighted by atomic mass is 16.2. The molecule has 0 spiro atoms. The Morgan fingerprint density at radius 2 is 2.00 bits per heavy atom. The molecule has 0 bridgehead atoms. The predicted octanol–water partition coefficient (Wildman–Crippen LogP) is 2.01. The van der Waals surface area contributed by atoms with Gasteiger partial charge < -0.3 is 9.80 Å². The zero-order valence-electron chi connectivity index (χ0n) is 12.8. The molecule has 21 heavy (non-hydrogen) atoms. The van der Waals surface area contributed by atoms with Crippen molar-refractivity contribution in [2.75, 3.05) is 31.1 Å². The number of carbonyl (C=O) groups excluding carboxylic acids is 1. The van der Waals surface area contributed by atoms with E-state index in [0.29, 0.717) is 5.91 Å². The third kappa shape index (κ3) is 3.52. The van der Waals surface area contributed by atoms with Gasteiger partial charge in [0.15, 0.2) is 5.82 Å². The van der Waals surface area contributed by atoms with Gasteiger partial charge in [0.25, 0.3) is 0 Å². The van der Waals surface area contributed by atoms with E-state index in [1.165, 1.54) is 12.8 Å². The molecule has 5 heteroatoms. The molecule has 2 fully saturated rings. The van der Waals surface area contributed by atoms with Crippen LogP contribution in [0.15, 0.2) is 12.1 Å². The molecule has 1 aromatic rings. The van der Waals surface area contributed by atoms with E-state index in [4.69, 9.17) is 0 Å². The number of aryl methyl sites for hydroxylation is 1. The smallest absolute Gasteiger partial charge is 0.222 e. The first kappa shape index (κ1) is 14.3. The molecule has 0 radical (unpaired) electrons. The average molecular weight is 288 g/mol. The number of carbonyl (C=O) groups is 1. The summed E-state index contributed by atoms with van der Waals surface area (Å²) < 4.78 is 0. The lowest BCUT2D eigenvalue weighted by molar-refractivity contribution is -0.127. The van der Waals surface area contributed by atoms with Crippen LogP contribution in [0.3, 0.4) is 0 Å². The van der Waals surface area contributed by atoms with Crippen LogP contribution in [0.1, 0.15) is 37.8 Å². The second-order valence-electron chi connectivity index (χ2n) is 6.24. The van der Waals surface area contributed by atoms with E-state index in [1.54, 1.807) is 0 Å². The summed E-state index contributed by atoms with van der Waals surface area (Å²) in [6.45, 7) is 5.99. The maximum Gasteiger partial charge on any atom is 0.222 e. The standard InChI is InChI=1S/C16H24N4O/c1-13-4-5-15(18-17-13)19-10-6-14(7-11-19)8-12-20-9-2-3-16(20)21/h4-5,14H,2-3,6-12H2,1H3. The van der Waals surface area contributed by atoms with Crippen LogP contribution in [-0.4, -0.2) is 47.2 Å². The summed E-state index contributed by atoms with van der Waals surface area (Å²) in [5.41, 5.74) is 0.962. The van der Waals surface area contributed by atoms with E-state index in [9.17, 15) is 4.79 Å². The predicted molar refractivity (Wildman–Crippen MR) is 82.1 cm³/mol. The zero-order chi connectivity index (χ0) is 14.7.